The van der Waals surface area contributed by atoms with E-state index in [1.807, 2.05) is 34.6 Å². The zero-order valence-corrected chi connectivity index (χ0v) is 14.2. The van der Waals surface area contributed by atoms with Crippen molar-refractivity contribution >= 4 is 15.7 Å². The minimum Gasteiger partial charge on any atom is -0.355 e. The first-order chi connectivity index (χ1) is 9.46. The van der Waals surface area contributed by atoms with Crippen molar-refractivity contribution in [3.05, 3.63) is 5.82 Å². The zero-order chi connectivity index (χ0) is 16.4. The van der Waals surface area contributed by atoms with Gasteiger partial charge in [0.2, 0.25) is 15.7 Å². The molecule has 1 amide bonds. The number of carbonyl (C=O) groups is 1. The first-order valence-corrected chi connectivity index (χ1v) is 8.45. The van der Waals surface area contributed by atoms with Crippen LogP contribution in [0.15, 0.2) is 5.16 Å². The van der Waals surface area contributed by atoms with Crippen molar-refractivity contribution < 1.29 is 13.2 Å². The van der Waals surface area contributed by atoms with E-state index in [-0.39, 0.29) is 16.5 Å². The SMILES string of the molecule is CC(C)CNC(=O)[C@@H](C)S(=O)(=O)c1n[nH]c(C(C)(C)C)n1. The van der Waals surface area contributed by atoms with Crippen LogP contribution in [0.4, 0.5) is 0 Å². The Kier molecular flexibility index (Phi) is 5.14. The van der Waals surface area contributed by atoms with Crippen LogP contribution in [0.25, 0.3) is 0 Å². The van der Waals surface area contributed by atoms with E-state index in [2.05, 4.69) is 20.5 Å². The summed E-state index contributed by atoms with van der Waals surface area (Å²) in [5.41, 5.74) is -0.343. The van der Waals surface area contributed by atoms with E-state index in [0.29, 0.717) is 12.4 Å². The lowest BCUT2D eigenvalue weighted by molar-refractivity contribution is -0.120. The van der Waals surface area contributed by atoms with Gasteiger partial charge >= 0.3 is 0 Å². The fourth-order valence-corrected chi connectivity index (χ4v) is 2.53. The standard InChI is InChI=1S/C13H24N4O3S/c1-8(2)7-14-10(18)9(3)21(19,20)12-15-11(16-17-12)13(4,5)6/h8-9H,7H2,1-6H3,(H,14,18)(H,15,16,17)/t9-/m1/s1. The van der Waals surface area contributed by atoms with E-state index in [4.69, 9.17) is 0 Å². The third-order valence-electron chi connectivity index (χ3n) is 2.95. The number of sulfone groups is 1. The maximum absolute atomic E-state index is 12.4. The molecule has 120 valence electrons. The molecule has 21 heavy (non-hydrogen) atoms. The Labute approximate surface area is 125 Å². The number of hydrogen-bond acceptors (Lipinski definition) is 5. The molecular formula is C13H24N4O3S. The highest BCUT2D eigenvalue weighted by Crippen LogP contribution is 2.20. The summed E-state index contributed by atoms with van der Waals surface area (Å²) in [5.74, 6) is 0.182. The number of hydrogen-bond donors (Lipinski definition) is 2. The molecule has 7 nitrogen and oxygen atoms in total. The van der Waals surface area contributed by atoms with Gasteiger partial charge in [-0.1, -0.05) is 34.6 Å². The largest absolute Gasteiger partial charge is 0.355 e. The summed E-state index contributed by atoms with van der Waals surface area (Å²) in [6.07, 6.45) is 0. The molecule has 2 N–H and O–H groups in total. The van der Waals surface area contributed by atoms with Gasteiger partial charge in [-0.2, -0.15) is 0 Å². The summed E-state index contributed by atoms with van der Waals surface area (Å²) in [6, 6.07) is 0. The molecule has 0 spiro atoms. The van der Waals surface area contributed by atoms with E-state index < -0.39 is 21.0 Å². The topological polar surface area (TPSA) is 105 Å². The molecule has 0 aliphatic rings. The van der Waals surface area contributed by atoms with Gasteiger partial charge in [0.15, 0.2) is 0 Å². The van der Waals surface area contributed by atoms with E-state index in [9.17, 15) is 13.2 Å². The molecule has 0 radical (unpaired) electrons. The van der Waals surface area contributed by atoms with Gasteiger partial charge in [-0.25, -0.2) is 13.4 Å². The monoisotopic (exact) mass is 316 g/mol. The van der Waals surface area contributed by atoms with E-state index in [1.54, 1.807) is 0 Å². The number of H-pyrrole nitrogens is 1. The van der Waals surface area contributed by atoms with Crippen molar-refractivity contribution in [2.75, 3.05) is 6.54 Å². The van der Waals surface area contributed by atoms with Crippen molar-refractivity contribution in [3.8, 4) is 0 Å². The lowest BCUT2D eigenvalue weighted by Gasteiger charge is -2.14. The van der Waals surface area contributed by atoms with Crippen LogP contribution < -0.4 is 5.32 Å². The summed E-state index contributed by atoms with van der Waals surface area (Å²) < 4.78 is 24.7. The molecule has 0 aliphatic heterocycles. The lowest BCUT2D eigenvalue weighted by atomic mass is 9.96. The van der Waals surface area contributed by atoms with Crippen molar-refractivity contribution in [1.82, 2.24) is 20.5 Å². The molecule has 0 fully saturated rings. The highest BCUT2D eigenvalue weighted by Gasteiger charge is 2.34. The maximum atomic E-state index is 12.4. The Bertz CT molecular complexity index is 599. The van der Waals surface area contributed by atoms with Gasteiger partial charge in [-0.3, -0.25) is 9.89 Å². The summed E-state index contributed by atoms with van der Waals surface area (Å²) in [6.45, 7) is 11.3. The smallest absolute Gasteiger partial charge is 0.267 e. The summed E-state index contributed by atoms with van der Waals surface area (Å²) in [7, 11) is -3.89. The summed E-state index contributed by atoms with van der Waals surface area (Å²) in [4.78, 5) is 15.9. The number of carbonyl (C=O) groups excluding carboxylic acids is 1. The van der Waals surface area contributed by atoms with Gasteiger partial charge in [0.1, 0.15) is 11.1 Å². The molecule has 1 heterocycles. The first-order valence-electron chi connectivity index (χ1n) is 6.90. The molecular weight excluding hydrogens is 292 g/mol. The van der Waals surface area contributed by atoms with Crippen LogP contribution in [0.2, 0.25) is 0 Å². The number of amides is 1. The van der Waals surface area contributed by atoms with Gasteiger partial charge in [0, 0.05) is 12.0 Å². The molecule has 1 aromatic heterocycles. The second kappa shape index (κ2) is 6.13. The minimum atomic E-state index is -3.89. The third kappa shape index (κ3) is 4.26. The van der Waals surface area contributed by atoms with Gasteiger partial charge in [0.05, 0.1) is 0 Å². The van der Waals surface area contributed by atoms with Crippen LogP contribution in [0.1, 0.15) is 47.4 Å². The highest BCUT2D eigenvalue weighted by molar-refractivity contribution is 7.92. The molecule has 0 saturated heterocycles. The normalized spacial score (nSPS) is 14.2. The Morgan fingerprint density at radius 2 is 1.86 bits per heavy atom. The first kappa shape index (κ1) is 17.6. The Morgan fingerprint density at radius 1 is 1.29 bits per heavy atom. The number of aromatic amines is 1. The zero-order valence-electron chi connectivity index (χ0n) is 13.4. The summed E-state index contributed by atoms with van der Waals surface area (Å²) >= 11 is 0. The van der Waals surface area contributed by atoms with Crippen LogP contribution in [-0.2, 0) is 20.0 Å². The fraction of sp³-hybridized carbons (Fsp3) is 0.769. The molecule has 0 saturated carbocycles. The molecule has 0 aliphatic carbocycles. The quantitative estimate of drug-likeness (QED) is 0.844. The molecule has 8 heteroatoms. The molecule has 1 atom stereocenters. The van der Waals surface area contributed by atoms with Crippen LogP contribution in [0.5, 0.6) is 0 Å². The van der Waals surface area contributed by atoms with Crippen molar-refractivity contribution in [3.63, 3.8) is 0 Å². The number of nitrogens with zero attached hydrogens (tertiary/aromatic N) is 2. The minimum absolute atomic E-state index is 0.250. The second-order valence-electron chi connectivity index (χ2n) is 6.54. The third-order valence-corrected chi connectivity index (χ3v) is 4.79. The van der Waals surface area contributed by atoms with Crippen LogP contribution in [0, 0.1) is 5.92 Å². The number of rotatable bonds is 5. The molecule has 1 aromatic rings. The fourth-order valence-electron chi connectivity index (χ4n) is 1.46. The molecule has 1 rings (SSSR count). The number of nitrogens with one attached hydrogen (secondary N) is 2. The average Bonchev–Trinajstić information content (AvgIpc) is 2.84. The van der Waals surface area contributed by atoms with Crippen LogP contribution in [0.3, 0.4) is 0 Å². The lowest BCUT2D eigenvalue weighted by Crippen LogP contribution is -2.39. The summed E-state index contributed by atoms with van der Waals surface area (Å²) in [5, 5.41) is 7.43. The van der Waals surface area contributed by atoms with E-state index in [0.717, 1.165) is 0 Å². The highest BCUT2D eigenvalue weighted by atomic mass is 32.2. The maximum Gasteiger partial charge on any atom is 0.267 e. The molecule has 0 unspecified atom stereocenters. The molecule has 0 aromatic carbocycles. The Balaban J connectivity index is 2.95. The average molecular weight is 316 g/mol. The molecule has 0 bridgehead atoms. The number of aromatic nitrogens is 3. The Hall–Kier alpha value is -1.44. The van der Waals surface area contributed by atoms with Crippen molar-refractivity contribution in [2.45, 2.75) is 57.4 Å². The predicted molar refractivity (Wildman–Crippen MR) is 79.6 cm³/mol. The predicted octanol–water partition coefficient (Wildman–Crippen LogP) is 1.04. The van der Waals surface area contributed by atoms with Crippen LogP contribution >= 0.6 is 0 Å². The van der Waals surface area contributed by atoms with Crippen molar-refractivity contribution in [1.29, 1.82) is 0 Å². The van der Waals surface area contributed by atoms with Gasteiger partial charge in [-0.15, -0.1) is 5.10 Å². The van der Waals surface area contributed by atoms with Gasteiger partial charge in [-0.05, 0) is 12.8 Å². The Morgan fingerprint density at radius 3 is 2.29 bits per heavy atom. The van der Waals surface area contributed by atoms with Crippen molar-refractivity contribution in [2.24, 2.45) is 5.92 Å². The van der Waals surface area contributed by atoms with E-state index in [1.165, 1.54) is 6.92 Å². The second-order valence-corrected chi connectivity index (χ2v) is 8.71. The van der Waals surface area contributed by atoms with E-state index >= 15 is 0 Å². The van der Waals surface area contributed by atoms with Gasteiger partial charge in [0.25, 0.3) is 5.16 Å². The van der Waals surface area contributed by atoms with Gasteiger partial charge < -0.3 is 5.32 Å². The van der Waals surface area contributed by atoms with Crippen LogP contribution in [-0.4, -0.2) is 41.3 Å².